The lowest BCUT2D eigenvalue weighted by molar-refractivity contribution is 1.02. The zero-order valence-corrected chi connectivity index (χ0v) is 22.0. The summed E-state index contributed by atoms with van der Waals surface area (Å²) in [7, 11) is 0. The Bertz CT molecular complexity index is 2250. The molecule has 8 aromatic rings. The van der Waals surface area contributed by atoms with Crippen molar-refractivity contribution in [1.29, 1.82) is 0 Å². The summed E-state index contributed by atoms with van der Waals surface area (Å²) in [5.41, 5.74) is 11.2. The molecule has 0 saturated heterocycles. The molecule has 1 aromatic heterocycles. The first-order valence-electron chi connectivity index (χ1n) is 13.8. The maximum absolute atomic E-state index is 4.93. The fourth-order valence-electron chi connectivity index (χ4n) is 7.09. The predicted molar refractivity (Wildman–Crippen MR) is 168 cm³/mol. The average Bonchev–Trinajstić information content (AvgIpc) is 3.51. The first kappa shape index (κ1) is 21.7. The number of para-hydroxylation sites is 2. The molecule has 1 aliphatic carbocycles. The first-order valence-corrected chi connectivity index (χ1v) is 13.8. The third-order valence-corrected chi connectivity index (χ3v) is 8.67. The van der Waals surface area contributed by atoms with Crippen molar-refractivity contribution >= 4 is 43.4 Å². The molecular formula is C38H24N2. The van der Waals surface area contributed by atoms with E-state index in [0.29, 0.717) is 0 Å². The van der Waals surface area contributed by atoms with Crippen molar-refractivity contribution in [2.45, 2.75) is 6.92 Å². The normalized spacial score (nSPS) is 12.1. The fourth-order valence-corrected chi connectivity index (χ4v) is 7.09. The molecule has 0 amide bonds. The van der Waals surface area contributed by atoms with E-state index >= 15 is 0 Å². The molecule has 0 aliphatic heterocycles. The van der Waals surface area contributed by atoms with Crippen LogP contribution in [0.5, 0.6) is 0 Å². The minimum atomic E-state index is 0.993. The maximum Gasteiger partial charge on any atom is 0.111 e. The highest BCUT2D eigenvalue weighted by Crippen LogP contribution is 2.51. The molecule has 0 saturated carbocycles. The van der Waals surface area contributed by atoms with Crippen LogP contribution in [0.25, 0.3) is 82.4 Å². The SMILES string of the molecule is Cc1nc2ccccc2n1-c1c2ccccc2c(-c2ccc3c4c(cccc24)-c2ccccc2-3)c2ccccc12. The number of aryl methyl sites for hydroxylation is 1. The van der Waals surface area contributed by atoms with Crippen LogP contribution in [0.1, 0.15) is 5.82 Å². The van der Waals surface area contributed by atoms with Crippen molar-refractivity contribution in [3.63, 3.8) is 0 Å². The van der Waals surface area contributed by atoms with Gasteiger partial charge in [-0.05, 0) is 74.0 Å². The maximum atomic E-state index is 4.93. The van der Waals surface area contributed by atoms with E-state index in [0.717, 1.165) is 16.9 Å². The number of imidazole rings is 1. The van der Waals surface area contributed by atoms with Gasteiger partial charge in [0.25, 0.3) is 0 Å². The number of nitrogens with zero attached hydrogens (tertiary/aromatic N) is 2. The van der Waals surface area contributed by atoms with Crippen LogP contribution >= 0.6 is 0 Å². The number of aromatic nitrogens is 2. The lowest BCUT2D eigenvalue weighted by Gasteiger charge is -2.20. The quantitative estimate of drug-likeness (QED) is 0.212. The Kier molecular flexibility index (Phi) is 4.29. The van der Waals surface area contributed by atoms with Gasteiger partial charge < -0.3 is 0 Å². The van der Waals surface area contributed by atoms with E-state index in [9.17, 15) is 0 Å². The van der Waals surface area contributed by atoms with Crippen molar-refractivity contribution in [2.75, 3.05) is 0 Å². The molecule has 7 aromatic carbocycles. The minimum absolute atomic E-state index is 0.993. The van der Waals surface area contributed by atoms with E-state index in [1.54, 1.807) is 0 Å². The number of hydrogen-bond donors (Lipinski definition) is 0. The molecule has 0 atom stereocenters. The highest BCUT2D eigenvalue weighted by molar-refractivity contribution is 6.25. The van der Waals surface area contributed by atoms with Gasteiger partial charge in [-0.1, -0.05) is 115 Å². The molecule has 0 bridgehead atoms. The Morgan fingerprint density at radius 1 is 0.450 bits per heavy atom. The summed E-state index contributed by atoms with van der Waals surface area (Å²) in [5, 5.41) is 7.63. The third-order valence-electron chi connectivity index (χ3n) is 8.67. The molecule has 2 nitrogen and oxygen atoms in total. The predicted octanol–water partition coefficient (Wildman–Crippen LogP) is 10.1. The lowest BCUT2D eigenvalue weighted by atomic mass is 9.87. The van der Waals surface area contributed by atoms with Crippen LogP contribution in [0.3, 0.4) is 0 Å². The summed E-state index contributed by atoms with van der Waals surface area (Å²) in [6.45, 7) is 2.11. The monoisotopic (exact) mass is 508 g/mol. The summed E-state index contributed by atoms with van der Waals surface area (Å²) < 4.78 is 2.34. The first-order chi connectivity index (χ1) is 19.8. The van der Waals surface area contributed by atoms with E-state index in [4.69, 9.17) is 4.98 Å². The van der Waals surface area contributed by atoms with Gasteiger partial charge in [-0.2, -0.15) is 0 Å². The van der Waals surface area contributed by atoms with Gasteiger partial charge in [0.2, 0.25) is 0 Å². The average molecular weight is 509 g/mol. The molecule has 1 heterocycles. The van der Waals surface area contributed by atoms with Gasteiger partial charge in [0.1, 0.15) is 5.82 Å². The number of hydrogen-bond acceptors (Lipinski definition) is 1. The molecule has 0 N–H and O–H groups in total. The Hall–Kier alpha value is -5.21. The summed E-state index contributed by atoms with van der Waals surface area (Å²) >= 11 is 0. The van der Waals surface area contributed by atoms with Gasteiger partial charge in [-0.15, -0.1) is 0 Å². The number of rotatable bonds is 2. The molecule has 186 valence electrons. The van der Waals surface area contributed by atoms with Crippen molar-refractivity contribution in [3.8, 4) is 39.1 Å². The number of fused-ring (bicyclic) bond motifs is 6. The lowest BCUT2D eigenvalue weighted by Crippen LogP contribution is -2.01. The van der Waals surface area contributed by atoms with Crippen molar-refractivity contribution in [3.05, 3.63) is 133 Å². The Morgan fingerprint density at radius 2 is 0.975 bits per heavy atom. The van der Waals surface area contributed by atoms with Gasteiger partial charge in [-0.25, -0.2) is 4.98 Å². The van der Waals surface area contributed by atoms with Crippen LogP contribution in [0, 0.1) is 6.92 Å². The second kappa shape index (κ2) is 7.91. The van der Waals surface area contributed by atoms with Crippen molar-refractivity contribution in [1.82, 2.24) is 9.55 Å². The summed E-state index contributed by atoms with van der Waals surface area (Å²) in [6.07, 6.45) is 0. The van der Waals surface area contributed by atoms with Crippen molar-refractivity contribution < 1.29 is 0 Å². The van der Waals surface area contributed by atoms with E-state index in [1.807, 2.05) is 0 Å². The van der Waals surface area contributed by atoms with E-state index < -0.39 is 0 Å². The van der Waals surface area contributed by atoms with E-state index in [1.165, 1.54) is 71.4 Å². The highest BCUT2D eigenvalue weighted by atomic mass is 15.1. The second-order valence-corrected chi connectivity index (χ2v) is 10.7. The van der Waals surface area contributed by atoms with Crippen molar-refractivity contribution in [2.24, 2.45) is 0 Å². The topological polar surface area (TPSA) is 17.8 Å². The highest BCUT2D eigenvalue weighted by Gasteiger charge is 2.25. The molecule has 2 heteroatoms. The summed E-state index contributed by atoms with van der Waals surface area (Å²) in [4.78, 5) is 4.93. The van der Waals surface area contributed by atoms with Crippen LogP contribution < -0.4 is 0 Å². The molecule has 9 rings (SSSR count). The van der Waals surface area contributed by atoms with Gasteiger partial charge in [-0.3, -0.25) is 4.57 Å². The minimum Gasteiger partial charge on any atom is -0.295 e. The Morgan fingerprint density at radius 3 is 1.70 bits per heavy atom. The molecule has 0 spiro atoms. The standard InChI is InChI=1S/C38H24N2/c1-23-39-34-19-8-9-20-35(34)40(23)38-32-15-6-4-13-28(32)37(29-14-5-7-16-33(29)38)31-22-21-30-25-12-3-2-11-24(25)26-17-10-18-27(31)36(26)30/h2-22H,1H3. The van der Waals surface area contributed by atoms with E-state index in [2.05, 4.69) is 139 Å². The Balaban J connectivity index is 1.45. The smallest absolute Gasteiger partial charge is 0.111 e. The number of benzene rings is 7. The molecular weight excluding hydrogens is 484 g/mol. The fraction of sp³-hybridized carbons (Fsp3) is 0.0263. The molecule has 0 radical (unpaired) electrons. The van der Waals surface area contributed by atoms with Crippen LogP contribution in [0.2, 0.25) is 0 Å². The third kappa shape index (κ3) is 2.75. The molecule has 1 aliphatic rings. The van der Waals surface area contributed by atoms with Crippen LogP contribution in [0.4, 0.5) is 0 Å². The summed E-state index contributed by atoms with van der Waals surface area (Å²) in [6, 6.07) is 46.4. The van der Waals surface area contributed by atoms with E-state index in [-0.39, 0.29) is 0 Å². The van der Waals surface area contributed by atoms with Crippen LogP contribution in [0.15, 0.2) is 127 Å². The van der Waals surface area contributed by atoms with Crippen LogP contribution in [-0.4, -0.2) is 9.55 Å². The Labute approximate surface area is 231 Å². The van der Waals surface area contributed by atoms with Gasteiger partial charge >= 0.3 is 0 Å². The molecule has 0 unspecified atom stereocenters. The zero-order chi connectivity index (χ0) is 26.4. The summed E-state index contributed by atoms with van der Waals surface area (Å²) in [5.74, 6) is 0.993. The molecule has 0 fully saturated rings. The van der Waals surface area contributed by atoms with Gasteiger partial charge in [0.15, 0.2) is 0 Å². The van der Waals surface area contributed by atoms with Crippen LogP contribution in [-0.2, 0) is 0 Å². The van der Waals surface area contributed by atoms with Gasteiger partial charge in [0.05, 0.1) is 16.7 Å². The molecule has 40 heavy (non-hydrogen) atoms. The zero-order valence-electron chi connectivity index (χ0n) is 22.0. The largest absolute Gasteiger partial charge is 0.295 e. The van der Waals surface area contributed by atoms with Gasteiger partial charge in [0, 0.05) is 10.8 Å². The second-order valence-electron chi connectivity index (χ2n) is 10.7.